The van der Waals surface area contributed by atoms with Crippen molar-refractivity contribution in [2.75, 3.05) is 14.2 Å². The molecule has 4 heteroatoms. The topological polar surface area (TPSA) is 46.6 Å². The number of ketones is 1. The number of hydrogen-bond donors (Lipinski definition) is 0. The molecule has 0 N–H and O–H groups in total. The molecule has 1 aliphatic rings. The molecule has 15 heavy (non-hydrogen) atoms. The van der Waals surface area contributed by atoms with E-state index >= 15 is 0 Å². The molecule has 86 valence electrons. The van der Waals surface area contributed by atoms with Crippen molar-refractivity contribution in [1.82, 2.24) is 4.90 Å². The summed E-state index contributed by atoms with van der Waals surface area (Å²) in [5.74, 6) is 0.309. The van der Waals surface area contributed by atoms with E-state index < -0.39 is 6.10 Å². The van der Waals surface area contributed by atoms with E-state index in [1.807, 2.05) is 0 Å². The van der Waals surface area contributed by atoms with Gasteiger partial charge in [-0.25, -0.2) is 0 Å². The van der Waals surface area contributed by atoms with Gasteiger partial charge < -0.3 is 9.64 Å². The highest BCUT2D eigenvalue weighted by Crippen LogP contribution is 2.20. The summed E-state index contributed by atoms with van der Waals surface area (Å²) in [4.78, 5) is 24.6. The highest BCUT2D eigenvalue weighted by Gasteiger charge is 2.27. The van der Waals surface area contributed by atoms with Gasteiger partial charge in [-0.15, -0.1) is 0 Å². The first-order valence-corrected chi connectivity index (χ1v) is 5.37. The Morgan fingerprint density at radius 2 is 2.00 bits per heavy atom. The third kappa shape index (κ3) is 3.02. The summed E-state index contributed by atoms with van der Waals surface area (Å²) in [5.41, 5.74) is 0. The molecule has 1 rings (SSSR count). The van der Waals surface area contributed by atoms with E-state index in [0.29, 0.717) is 18.6 Å². The largest absolute Gasteiger partial charge is 0.372 e. The first-order valence-electron chi connectivity index (χ1n) is 5.37. The summed E-state index contributed by atoms with van der Waals surface area (Å²) >= 11 is 0. The van der Waals surface area contributed by atoms with Crippen LogP contribution in [0, 0.1) is 0 Å². The molecule has 0 heterocycles. The van der Waals surface area contributed by atoms with Crippen molar-refractivity contribution in [2.45, 2.75) is 44.8 Å². The molecule has 1 atom stereocenters. The van der Waals surface area contributed by atoms with Gasteiger partial charge in [0.2, 0.25) is 0 Å². The molecule has 0 aliphatic heterocycles. The molecule has 0 aromatic heterocycles. The van der Waals surface area contributed by atoms with Gasteiger partial charge in [0, 0.05) is 33.0 Å². The van der Waals surface area contributed by atoms with E-state index in [4.69, 9.17) is 4.74 Å². The predicted octanol–water partition coefficient (Wildman–Crippen LogP) is 0.991. The number of carbonyl (C=O) groups is 2. The number of carbonyl (C=O) groups excluding carboxylic acids is 2. The molecule has 0 bridgehead atoms. The minimum Gasteiger partial charge on any atom is -0.372 e. The molecule has 1 amide bonds. The normalized spacial score (nSPS) is 20.1. The lowest BCUT2D eigenvalue weighted by atomic mass is 9.93. The van der Waals surface area contributed by atoms with Crippen LogP contribution in [-0.2, 0) is 14.3 Å². The number of nitrogens with zero attached hydrogens (tertiary/aromatic N) is 1. The van der Waals surface area contributed by atoms with Crippen LogP contribution >= 0.6 is 0 Å². The summed E-state index contributed by atoms with van der Waals surface area (Å²) in [6.07, 6.45) is 2.38. The van der Waals surface area contributed by atoms with Crippen molar-refractivity contribution in [1.29, 1.82) is 0 Å². The number of hydrogen-bond acceptors (Lipinski definition) is 3. The standard InChI is InChI=1S/C11H19NO3/c1-8(15-3)11(14)12(2)9-4-6-10(13)7-5-9/h8-9H,4-7H2,1-3H3. The Kier molecular flexibility index (Phi) is 4.27. The van der Waals surface area contributed by atoms with E-state index in [9.17, 15) is 9.59 Å². The third-order valence-corrected chi connectivity index (χ3v) is 3.11. The van der Waals surface area contributed by atoms with Gasteiger partial charge >= 0.3 is 0 Å². The lowest BCUT2D eigenvalue weighted by Gasteiger charge is -2.32. The van der Waals surface area contributed by atoms with Crippen molar-refractivity contribution in [3.8, 4) is 0 Å². The number of rotatable bonds is 3. The average Bonchev–Trinajstić information content (AvgIpc) is 2.27. The van der Waals surface area contributed by atoms with Gasteiger partial charge in [-0.3, -0.25) is 9.59 Å². The van der Waals surface area contributed by atoms with Gasteiger partial charge in [-0.1, -0.05) is 0 Å². The summed E-state index contributed by atoms with van der Waals surface area (Å²) in [7, 11) is 3.32. The van der Waals surface area contributed by atoms with E-state index in [-0.39, 0.29) is 11.9 Å². The highest BCUT2D eigenvalue weighted by atomic mass is 16.5. The molecular weight excluding hydrogens is 194 g/mol. The van der Waals surface area contributed by atoms with E-state index in [1.54, 1.807) is 18.9 Å². The van der Waals surface area contributed by atoms with Crippen LogP contribution in [0.1, 0.15) is 32.6 Å². The molecule has 0 saturated heterocycles. The van der Waals surface area contributed by atoms with E-state index in [0.717, 1.165) is 12.8 Å². The van der Waals surface area contributed by atoms with Crippen molar-refractivity contribution in [2.24, 2.45) is 0 Å². The molecule has 1 saturated carbocycles. The lowest BCUT2D eigenvalue weighted by molar-refractivity contribution is -0.143. The van der Waals surface area contributed by atoms with E-state index in [2.05, 4.69) is 0 Å². The second-order valence-corrected chi connectivity index (χ2v) is 4.10. The Morgan fingerprint density at radius 3 is 2.47 bits per heavy atom. The van der Waals surface area contributed by atoms with Crippen molar-refractivity contribution in [3.63, 3.8) is 0 Å². The van der Waals surface area contributed by atoms with Gasteiger partial charge in [0.25, 0.3) is 5.91 Å². The van der Waals surface area contributed by atoms with Crippen molar-refractivity contribution in [3.05, 3.63) is 0 Å². The van der Waals surface area contributed by atoms with Gasteiger partial charge in [-0.2, -0.15) is 0 Å². The zero-order chi connectivity index (χ0) is 11.4. The maximum atomic E-state index is 11.8. The number of Topliss-reactive ketones (excluding diaryl/α,β-unsaturated/α-hetero) is 1. The van der Waals surface area contributed by atoms with Crippen molar-refractivity contribution >= 4 is 11.7 Å². The zero-order valence-corrected chi connectivity index (χ0v) is 9.66. The van der Waals surface area contributed by atoms with Crippen LogP contribution in [0.5, 0.6) is 0 Å². The highest BCUT2D eigenvalue weighted by molar-refractivity contribution is 5.82. The molecule has 1 unspecified atom stereocenters. The van der Waals surface area contributed by atoms with Gasteiger partial charge in [-0.05, 0) is 19.8 Å². The average molecular weight is 213 g/mol. The Labute approximate surface area is 90.6 Å². The lowest BCUT2D eigenvalue weighted by Crippen LogP contribution is -2.44. The summed E-state index contributed by atoms with van der Waals surface area (Å²) in [6.45, 7) is 1.74. The quantitative estimate of drug-likeness (QED) is 0.702. The van der Waals surface area contributed by atoms with Crippen LogP contribution < -0.4 is 0 Å². The van der Waals surface area contributed by atoms with Crippen molar-refractivity contribution < 1.29 is 14.3 Å². The van der Waals surface area contributed by atoms with Gasteiger partial charge in [0.1, 0.15) is 11.9 Å². The van der Waals surface area contributed by atoms with Crippen LogP contribution in [0.15, 0.2) is 0 Å². The monoisotopic (exact) mass is 213 g/mol. The van der Waals surface area contributed by atoms with E-state index in [1.165, 1.54) is 7.11 Å². The predicted molar refractivity (Wildman–Crippen MR) is 56.5 cm³/mol. The van der Waals surface area contributed by atoms with Crippen LogP contribution in [0.4, 0.5) is 0 Å². The second-order valence-electron chi connectivity index (χ2n) is 4.10. The second kappa shape index (κ2) is 5.26. The fraction of sp³-hybridized carbons (Fsp3) is 0.818. The molecule has 0 spiro atoms. The summed E-state index contributed by atoms with van der Waals surface area (Å²) < 4.78 is 4.99. The van der Waals surface area contributed by atoms with Crippen LogP contribution in [-0.4, -0.2) is 42.9 Å². The fourth-order valence-electron chi connectivity index (χ4n) is 1.88. The summed E-state index contributed by atoms with van der Waals surface area (Å²) in [5, 5.41) is 0. The minimum absolute atomic E-state index is 0.00292. The molecule has 0 aromatic carbocycles. The van der Waals surface area contributed by atoms with Crippen LogP contribution in [0.25, 0.3) is 0 Å². The molecule has 1 fully saturated rings. The van der Waals surface area contributed by atoms with Gasteiger partial charge in [0.15, 0.2) is 0 Å². The molecule has 0 radical (unpaired) electrons. The Balaban J connectivity index is 2.49. The number of amides is 1. The Morgan fingerprint density at radius 1 is 1.47 bits per heavy atom. The third-order valence-electron chi connectivity index (χ3n) is 3.11. The first kappa shape index (κ1) is 12.2. The summed E-state index contributed by atoms with van der Waals surface area (Å²) in [6, 6.07) is 0.202. The maximum Gasteiger partial charge on any atom is 0.251 e. The molecule has 1 aliphatic carbocycles. The maximum absolute atomic E-state index is 11.8. The minimum atomic E-state index is -0.396. The van der Waals surface area contributed by atoms with Crippen LogP contribution in [0.3, 0.4) is 0 Å². The Bertz CT molecular complexity index is 242. The molecular formula is C11H19NO3. The smallest absolute Gasteiger partial charge is 0.251 e. The number of methoxy groups -OCH3 is 1. The van der Waals surface area contributed by atoms with Gasteiger partial charge in [0.05, 0.1) is 0 Å². The fourth-order valence-corrected chi connectivity index (χ4v) is 1.88. The first-order chi connectivity index (χ1) is 7.06. The number of ether oxygens (including phenoxy) is 1. The SMILES string of the molecule is COC(C)C(=O)N(C)C1CCC(=O)CC1. The molecule has 0 aromatic rings. The number of likely N-dealkylation sites (N-methyl/N-ethyl adjacent to an activating group) is 1. The zero-order valence-electron chi connectivity index (χ0n) is 9.66. The Hall–Kier alpha value is -0.900. The van der Waals surface area contributed by atoms with Crippen LogP contribution in [0.2, 0.25) is 0 Å². The molecule has 4 nitrogen and oxygen atoms in total.